The molecule has 0 aliphatic carbocycles. The molecule has 2 atom stereocenters. The van der Waals surface area contributed by atoms with Crippen molar-refractivity contribution < 1.29 is 4.79 Å². The van der Waals surface area contributed by atoms with Crippen LogP contribution in [0.3, 0.4) is 0 Å². The van der Waals surface area contributed by atoms with Crippen molar-refractivity contribution in [1.29, 1.82) is 0 Å². The minimum atomic E-state index is -0.629. The quantitative estimate of drug-likeness (QED) is 0.893. The monoisotopic (exact) mass is 330 g/mol. The summed E-state index contributed by atoms with van der Waals surface area (Å²) in [4.78, 5) is 12.6. The smallest absolute Gasteiger partial charge is 0.230 e. The Bertz CT molecular complexity index is 491. The molecular formula is C16H24Cl2N2O. The average Bonchev–Trinajstić information content (AvgIpc) is 2.41. The molecule has 0 aromatic heterocycles. The van der Waals surface area contributed by atoms with Crippen molar-refractivity contribution in [2.24, 2.45) is 5.92 Å². The molecule has 0 spiro atoms. The van der Waals surface area contributed by atoms with Gasteiger partial charge in [-0.3, -0.25) is 4.79 Å². The van der Waals surface area contributed by atoms with Gasteiger partial charge in [-0.15, -0.1) is 12.4 Å². The van der Waals surface area contributed by atoms with Crippen LogP contribution in [-0.4, -0.2) is 25.0 Å². The number of hydrogen-bond acceptors (Lipinski definition) is 2. The normalized spacial score (nSPS) is 22.3. The van der Waals surface area contributed by atoms with E-state index in [2.05, 4.69) is 17.6 Å². The van der Waals surface area contributed by atoms with Crippen molar-refractivity contribution in [3.8, 4) is 0 Å². The molecule has 1 aliphatic heterocycles. The van der Waals surface area contributed by atoms with Crippen molar-refractivity contribution >= 4 is 29.9 Å². The number of rotatable bonds is 3. The molecule has 0 radical (unpaired) electrons. The van der Waals surface area contributed by atoms with Crippen LogP contribution in [-0.2, 0) is 10.2 Å². The van der Waals surface area contributed by atoms with Gasteiger partial charge in [0, 0.05) is 17.6 Å². The second kappa shape index (κ2) is 7.48. The molecule has 1 heterocycles. The fourth-order valence-electron chi connectivity index (χ4n) is 2.62. The number of hydrogen-bond donors (Lipinski definition) is 2. The van der Waals surface area contributed by atoms with Crippen LogP contribution in [0.15, 0.2) is 24.3 Å². The molecular weight excluding hydrogens is 307 g/mol. The highest BCUT2D eigenvalue weighted by atomic mass is 35.5. The largest absolute Gasteiger partial charge is 0.351 e. The highest BCUT2D eigenvalue weighted by Gasteiger charge is 2.34. The third kappa shape index (κ3) is 4.12. The van der Waals surface area contributed by atoms with Gasteiger partial charge in [0.15, 0.2) is 0 Å². The van der Waals surface area contributed by atoms with Crippen LogP contribution in [0.5, 0.6) is 0 Å². The molecule has 2 rings (SSSR count). The molecule has 2 unspecified atom stereocenters. The molecule has 1 aliphatic rings. The zero-order chi connectivity index (χ0) is 14.8. The number of halogens is 2. The van der Waals surface area contributed by atoms with E-state index in [-0.39, 0.29) is 24.4 Å². The Labute approximate surface area is 138 Å². The number of benzene rings is 1. The van der Waals surface area contributed by atoms with Crippen LogP contribution in [0.4, 0.5) is 0 Å². The van der Waals surface area contributed by atoms with Gasteiger partial charge in [0.25, 0.3) is 0 Å². The summed E-state index contributed by atoms with van der Waals surface area (Å²) in [6.45, 7) is 7.90. The van der Waals surface area contributed by atoms with Gasteiger partial charge >= 0.3 is 0 Å². The average molecular weight is 331 g/mol. The molecule has 3 nitrogen and oxygen atoms in total. The summed E-state index contributed by atoms with van der Waals surface area (Å²) in [6.07, 6.45) is 1.09. The van der Waals surface area contributed by atoms with Gasteiger partial charge in [0.05, 0.1) is 5.41 Å². The lowest BCUT2D eigenvalue weighted by Gasteiger charge is -2.34. The fraction of sp³-hybridized carbons (Fsp3) is 0.562. The topological polar surface area (TPSA) is 41.1 Å². The number of carbonyl (C=O) groups excluding carboxylic acids is 1. The minimum Gasteiger partial charge on any atom is -0.351 e. The summed E-state index contributed by atoms with van der Waals surface area (Å²) in [5, 5.41) is 7.15. The lowest BCUT2D eigenvalue weighted by Crippen LogP contribution is -2.54. The van der Waals surface area contributed by atoms with E-state index in [0.717, 1.165) is 25.1 Å². The van der Waals surface area contributed by atoms with Crippen LogP contribution in [0.2, 0.25) is 5.02 Å². The van der Waals surface area contributed by atoms with E-state index in [1.165, 1.54) is 0 Å². The zero-order valence-electron chi connectivity index (χ0n) is 12.8. The summed E-state index contributed by atoms with van der Waals surface area (Å²) >= 11 is 6.23. The molecule has 0 bridgehead atoms. The predicted molar refractivity (Wildman–Crippen MR) is 90.3 cm³/mol. The second-order valence-electron chi connectivity index (χ2n) is 6.15. The van der Waals surface area contributed by atoms with Crippen molar-refractivity contribution in [3.05, 3.63) is 34.9 Å². The summed E-state index contributed by atoms with van der Waals surface area (Å²) < 4.78 is 0. The Morgan fingerprint density at radius 1 is 1.38 bits per heavy atom. The Morgan fingerprint density at radius 2 is 2.05 bits per heavy atom. The predicted octanol–water partition coefficient (Wildman–Crippen LogP) is 3.15. The second-order valence-corrected chi connectivity index (χ2v) is 6.56. The molecule has 0 saturated carbocycles. The van der Waals surface area contributed by atoms with E-state index in [0.29, 0.717) is 10.9 Å². The van der Waals surface area contributed by atoms with Gasteiger partial charge in [-0.05, 0) is 44.4 Å². The van der Waals surface area contributed by atoms with Crippen molar-refractivity contribution in [2.75, 3.05) is 13.1 Å². The van der Waals surface area contributed by atoms with Crippen molar-refractivity contribution in [1.82, 2.24) is 10.6 Å². The summed E-state index contributed by atoms with van der Waals surface area (Å²) in [6, 6.07) is 7.74. The number of amides is 1. The lowest BCUT2D eigenvalue weighted by atomic mass is 9.82. The van der Waals surface area contributed by atoms with E-state index < -0.39 is 5.41 Å². The van der Waals surface area contributed by atoms with Gasteiger partial charge in [-0.2, -0.15) is 0 Å². The van der Waals surface area contributed by atoms with Gasteiger partial charge in [0.2, 0.25) is 5.91 Å². The van der Waals surface area contributed by atoms with Gasteiger partial charge in [0.1, 0.15) is 0 Å². The minimum absolute atomic E-state index is 0. The van der Waals surface area contributed by atoms with Gasteiger partial charge < -0.3 is 10.6 Å². The van der Waals surface area contributed by atoms with E-state index in [9.17, 15) is 4.79 Å². The number of carbonyl (C=O) groups is 1. The Kier molecular flexibility index (Phi) is 6.51. The van der Waals surface area contributed by atoms with Crippen LogP contribution >= 0.6 is 24.0 Å². The van der Waals surface area contributed by atoms with Crippen LogP contribution in [0.25, 0.3) is 0 Å². The first-order valence-corrected chi connectivity index (χ1v) is 7.57. The molecule has 1 aromatic carbocycles. The molecule has 118 valence electrons. The van der Waals surface area contributed by atoms with E-state index in [1.54, 1.807) is 0 Å². The Morgan fingerprint density at radius 3 is 2.67 bits per heavy atom. The first kappa shape index (κ1) is 18.3. The van der Waals surface area contributed by atoms with Crippen molar-refractivity contribution in [2.45, 2.75) is 38.6 Å². The third-order valence-electron chi connectivity index (χ3n) is 4.26. The highest BCUT2D eigenvalue weighted by molar-refractivity contribution is 6.31. The van der Waals surface area contributed by atoms with E-state index in [4.69, 9.17) is 11.6 Å². The standard InChI is InChI=1S/C16H23ClN2O.ClH/c1-11-8-9-18-10-14(11)19-15(20)16(2,3)12-6-4-5-7-13(12)17;/h4-7,11,14,18H,8-10H2,1-3H3,(H,19,20);1H. The number of nitrogens with one attached hydrogen (secondary N) is 2. The van der Waals surface area contributed by atoms with Crippen LogP contribution in [0.1, 0.15) is 32.8 Å². The summed E-state index contributed by atoms with van der Waals surface area (Å²) in [5.74, 6) is 0.536. The van der Waals surface area contributed by atoms with Gasteiger partial charge in [-0.1, -0.05) is 36.7 Å². The molecule has 1 aromatic rings. The third-order valence-corrected chi connectivity index (χ3v) is 4.59. The molecule has 1 fully saturated rings. The first-order chi connectivity index (χ1) is 9.43. The maximum Gasteiger partial charge on any atom is 0.230 e. The van der Waals surface area contributed by atoms with E-state index >= 15 is 0 Å². The summed E-state index contributed by atoms with van der Waals surface area (Å²) in [7, 11) is 0. The maximum atomic E-state index is 12.6. The Hall–Kier alpha value is -0.770. The number of piperidine rings is 1. The molecule has 5 heteroatoms. The highest BCUT2D eigenvalue weighted by Crippen LogP contribution is 2.30. The van der Waals surface area contributed by atoms with E-state index in [1.807, 2.05) is 38.1 Å². The first-order valence-electron chi connectivity index (χ1n) is 7.19. The SMILES string of the molecule is CC1CCNCC1NC(=O)C(C)(C)c1ccccc1Cl.Cl. The molecule has 1 saturated heterocycles. The molecule has 21 heavy (non-hydrogen) atoms. The fourth-order valence-corrected chi connectivity index (χ4v) is 2.99. The molecule has 2 N–H and O–H groups in total. The van der Waals surface area contributed by atoms with Crippen LogP contribution < -0.4 is 10.6 Å². The molecule has 1 amide bonds. The maximum absolute atomic E-state index is 12.6. The Balaban J connectivity index is 0.00000220. The van der Waals surface area contributed by atoms with Crippen molar-refractivity contribution in [3.63, 3.8) is 0 Å². The zero-order valence-corrected chi connectivity index (χ0v) is 14.4. The summed E-state index contributed by atoms with van der Waals surface area (Å²) in [5.41, 5.74) is 0.241. The van der Waals surface area contributed by atoms with Gasteiger partial charge in [-0.25, -0.2) is 0 Å². The lowest BCUT2D eigenvalue weighted by molar-refractivity contribution is -0.126. The van der Waals surface area contributed by atoms with Crippen LogP contribution in [0, 0.1) is 5.92 Å².